The third-order valence-corrected chi connectivity index (χ3v) is 9.85. The molecule has 0 bridgehead atoms. The van der Waals surface area contributed by atoms with E-state index in [0.717, 1.165) is 5.56 Å². The number of nitrogens with one attached hydrogen (secondary N) is 2. The standard InChI is InChI=1S/C31H26ClN5O5S2/c1-22-7-15-27(16-8-22)44(41,42)37(21-23-9-11-24(32)12-10-23)29-6-3-2-5-28(29)30(38)35-25-13-17-26(18-14-25)43(39,40)36-31-33-19-4-20-34-31/h2-20H,21H2,1H3,(H,35,38)(H,33,34,36). The summed E-state index contributed by atoms with van der Waals surface area (Å²) in [6.45, 7) is 1.79. The number of amides is 1. The molecule has 1 amide bonds. The minimum atomic E-state index is -4.12. The van der Waals surface area contributed by atoms with Gasteiger partial charge in [-0.1, -0.05) is 53.6 Å². The molecule has 0 aliphatic heterocycles. The van der Waals surface area contributed by atoms with Crippen LogP contribution >= 0.6 is 11.6 Å². The molecule has 1 aromatic heterocycles. The molecule has 0 saturated heterocycles. The topological polar surface area (TPSA) is 138 Å². The average Bonchev–Trinajstić information content (AvgIpc) is 3.01. The number of nitrogens with zero attached hydrogens (tertiary/aromatic N) is 3. The van der Waals surface area contributed by atoms with Gasteiger partial charge in [-0.25, -0.2) is 31.5 Å². The lowest BCUT2D eigenvalue weighted by atomic mass is 10.1. The largest absolute Gasteiger partial charge is 0.322 e. The molecule has 0 fully saturated rings. The fraction of sp³-hybridized carbons (Fsp3) is 0.0645. The quantitative estimate of drug-likeness (QED) is 0.193. The lowest BCUT2D eigenvalue weighted by Gasteiger charge is -2.27. The summed E-state index contributed by atoms with van der Waals surface area (Å²) in [5.74, 6) is -0.669. The van der Waals surface area contributed by atoms with Crippen molar-refractivity contribution in [3.63, 3.8) is 0 Å². The maximum absolute atomic E-state index is 14.0. The summed E-state index contributed by atoms with van der Waals surface area (Å²) < 4.78 is 56.9. The van der Waals surface area contributed by atoms with Crippen molar-refractivity contribution in [3.05, 3.63) is 137 Å². The van der Waals surface area contributed by atoms with Crippen molar-refractivity contribution in [2.45, 2.75) is 23.3 Å². The first-order valence-corrected chi connectivity index (χ1v) is 16.5. The average molecular weight is 648 g/mol. The Hall–Kier alpha value is -4.78. The van der Waals surface area contributed by atoms with Crippen molar-refractivity contribution >= 4 is 54.9 Å². The van der Waals surface area contributed by atoms with Crippen molar-refractivity contribution in [2.75, 3.05) is 14.3 Å². The van der Waals surface area contributed by atoms with Crippen LogP contribution in [-0.4, -0.2) is 32.7 Å². The van der Waals surface area contributed by atoms with E-state index in [9.17, 15) is 21.6 Å². The molecule has 5 rings (SSSR count). The number of sulfonamides is 2. The number of rotatable bonds is 10. The number of anilines is 3. The van der Waals surface area contributed by atoms with E-state index >= 15 is 0 Å². The van der Waals surface area contributed by atoms with E-state index in [2.05, 4.69) is 20.0 Å². The van der Waals surface area contributed by atoms with Crippen molar-refractivity contribution in [2.24, 2.45) is 0 Å². The number of para-hydroxylation sites is 1. The molecule has 10 nitrogen and oxygen atoms in total. The van der Waals surface area contributed by atoms with Gasteiger partial charge in [0.1, 0.15) is 0 Å². The molecule has 0 spiro atoms. The second kappa shape index (κ2) is 12.8. The van der Waals surface area contributed by atoms with Crippen LogP contribution in [0.2, 0.25) is 5.02 Å². The van der Waals surface area contributed by atoms with Gasteiger partial charge in [0.05, 0.1) is 27.6 Å². The molecule has 13 heteroatoms. The Bertz CT molecular complexity index is 1990. The van der Waals surface area contributed by atoms with Crippen molar-refractivity contribution < 1.29 is 21.6 Å². The number of aromatic nitrogens is 2. The van der Waals surface area contributed by atoms with Crippen molar-refractivity contribution in [1.29, 1.82) is 0 Å². The number of carbonyl (C=O) groups is 1. The molecule has 0 unspecified atom stereocenters. The van der Waals surface area contributed by atoms with Crippen LogP contribution in [0.4, 0.5) is 17.3 Å². The van der Waals surface area contributed by atoms with Crippen LogP contribution in [0.5, 0.6) is 0 Å². The van der Waals surface area contributed by atoms with E-state index < -0.39 is 26.0 Å². The third kappa shape index (κ3) is 7.05. The Morgan fingerprint density at radius 3 is 2.05 bits per heavy atom. The van der Waals surface area contributed by atoms with Gasteiger partial charge >= 0.3 is 0 Å². The zero-order valence-corrected chi connectivity index (χ0v) is 25.6. The molecule has 0 aliphatic rings. The van der Waals surface area contributed by atoms with Gasteiger partial charge in [0.15, 0.2) is 0 Å². The van der Waals surface area contributed by atoms with E-state index in [1.54, 1.807) is 60.7 Å². The maximum atomic E-state index is 14.0. The van der Waals surface area contributed by atoms with E-state index in [-0.39, 0.29) is 33.5 Å². The number of hydrogen-bond acceptors (Lipinski definition) is 7. The minimum Gasteiger partial charge on any atom is -0.322 e. The van der Waals surface area contributed by atoms with Gasteiger partial charge < -0.3 is 5.32 Å². The molecule has 0 atom stereocenters. The number of carbonyl (C=O) groups excluding carboxylic acids is 1. The normalized spacial score (nSPS) is 11.5. The number of hydrogen-bond donors (Lipinski definition) is 2. The molecule has 0 saturated carbocycles. The predicted molar refractivity (Wildman–Crippen MR) is 170 cm³/mol. The van der Waals surface area contributed by atoms with Crippen LogP contribution in [-0.2, 0) is 26.6 Å². The zero-order chi connectivity index (χ0) is 31.3. The van der Waals surface area contributed by atoms with Crippen LogP contribution in [0.25, 0.3) is 0 Å². The second-order valence-corrected chi connectivity index (χ2v) is 13.6. The summed E-state index contributed by atoms with van der Waals surface area (Å²) in [5.41, 5.74) is 2.11. The molecule has 224 valence electrons. The van der Waals surface area contributed by atoms with Gasteiger partial charge in [-0.05, 0) is 79.2 Å². The summed E-state index contributed by atoms with van der Waals surface area (Å²) in [7, 11) is -8.10. The molecule has 0 radical (unpaired) electrons. The molecular weight excluding hydrogens is 622 g/mol. The number of aryl methyl sites for hydroxylation is 1. The van der Waals surface area contributed by atoms with E-state index in [4.69, 9.17) is 11.6 Å². The summed E-state index contributed by atoms with van der Waals surface area (Å²) in [5, 5.41) is 3.24. The number of halogens is 1. The molecule has 5 aromatic rings. The van der Waals surface area contributed by atoms with Crippen LogP contribution < -0.4 is 14.3 Å². The van der Waals surface area contributed by atoms with Crippen LogP contribution in [0, 0.1) is 6.92 Å². The van der Waals surface area contributed by atoms with E-state index in [1.165, 1.54) is 59.2 Å². The van der Waals surface area contributed by atoms with E-state index in [0.29, 0.717) is 16.3 Å². The second-order valence-electron chi connectivity index (χ2n) is 9.62. The smallest absolute Gasteiger partial charge is 0.264 e. The minimum absolute atomic E-state index is 0.0671. The first kappa shape index (κ1) is 30.7. The fourth-order valence-electron chi connectivity index (χ4n) is 4.22. The summed E-state index contributed by atoms with van der Waals surface area (Å²) in [6.07, 6.45) is 2.81. The number of benzene rings is 4. The summed E-state index contributed by atoms with van der Waals surface area (Å²) in [6, 6.07) is 26.6. The highest BCUT2D eigenvalue weighted by Gasteiger charge is 2.29. The Kier molecular flexibility index (Phi) is 8.95. The van der Waals surface area contributed by atoms with Gasteiger partial charge in [-0.15, -0.1) is 0 Å². The predicted octanol–water partition coefficient (Wildman–Crippen LogP) is 5.89. The first-order chi connectivity index (χ1) is 21.0. The zero-order valence-electron chi connectivity index (χ0n) is 23.3. The van der Waals surface area contributed by atoms with Gasteiger partial charge in [-0.3, -0.25) is 9.10 Å². The summed E-state index contributed by atoms with van der Waals surface area (Å²) in [4.78, 5) is 21.3. The third-order valence-electron chi connectivity index (χ3n) is 6.48. The lowest BCUT2D eigenvalue weighted by Crippen LogP contribution is -2.32. The van der Waals surface area contributed by atoms with E-state index in [1.807, 2.05) is 6.92 Å². The van der Waals surface area contributed by atoms with Crippen LogP contribution in [0.15, 0.2) is 125 Å². The lowest BCUT2D eigenvalue weighted by molar-refractivity contribution is 0.102. The molecule has 0 aliphatic carbocycles. The molecule has 4 aromatic carbocycles. The highest BCUT2D eigenvalue weighted by atomic mass is 35.5. The highest BCUT2D eigenvalue weighted by molar-refractivity contribution is 7.93. The van der Waals surface area contributed by atoms with Crippen molar-refractivity contribution in [1.82, 2.24) is 9.97 Å². The van der Waals surface area contributed by atoms with Crippen molar-refractivity contribution in [3.8, 4) is 0 Å². The first-order valence-electron chi connectivity index (χ1n) is 13.2. The monoisotopic (exact) mass is 647 g/mol. The van der Waals surface area contributed by atoms with Gasteiger partial charge in [0.2, 0.25) is 5.95 Å². The SMILES string of the molecule is Cc1ccc(S(=O)(=O)N(Cc2ccc(Cl)cc2)c2ccccc2C(=O)Nc2ccc(S(=O)(=O)Nc3ncccn3)cc2)cc1. The molecule has 2 N–H and O–H groups in total. The highest BCUT2D eigenvalue weighted by Crippen LogP contribution is 2.30. The van der Waals surface area contributed by atoms with Crippen LogP contribution in [0.1, 0.15) is 21.5 Å². The Labute approximate surface area is 260 Å². The van der Waals surface area contributed by atoms with Gasteiger partial charge in [0.25, 0.3) is 26.0 Å². The van der Waals surface area contributed by atoms with Crippen LogP contribution in [0.3, 0.4) is 0 Å². The maximum Gasteiger partial charge on any atom is 0.264 e. The Balaban J connectivity index is 1.45. The Morgan fingerprint density at radius 1 is 0.773 bits per heavy atom. The molecule has 1 heterocycles. The molecular formula is C31H26ClN5O5S2. The van der Waals surface area contributed by atoms with Gasteiger partial charge in [-0.2, -0.15) is 0 Å². The van der Waals surface area contributed by atoms with Gasteiger partial charge in [0, 0.05) is 23.1 Å². The Morgan fingerprint density at radius 2 is 1.39 bits per heavy atom. The fourth-order valence-corrected chi connectivity index (χ4v) is 6.78. The summed E-state index contributed by atoms with van der Waals surface area (Å²) >= 11 is 6.05. The molecule has 44 heavy (non-hydrogen) atoms.